The number of amides is 1. The minimum absolute atomic E-state index is 0.0933. The molecule has 142 valence electrons. The molecule has 3 heterocycles. The number of rotatable bonds is 6. The van der Waals surface area contributed by atoms with Gasteiger partial charge in [0.15, 0.2) is 0 Å². The Bertz CT molecular complexity index is 1100. The molecule has 3 aromatic heterocycles. The number of hydrogen-bond donors (Lipinski definition) is 1. The lowest BCUT2D eigenvalue weighted by Gasteiger charge is -2.08. The molecular formula is C21H20N4OS2. The second-order valence-corrected chi connectivity index (χ2v) is 8.57. The average Bonchev–Trinajstić information content (AvgIpc) is 3.41. The van der Waals surface area contributed by atoms with Crippen LogP contribution >= 0.6 is 22.7 Å². The van der Waals surface area contributed by atoms with Gasteiger partial charge in [-0.05, 0) is 42.5 Å². The minimum atomic E-state index is -0.0933. The Morgan fingerprint density at radius 1 is 1.14 bits per heavy atom. The van der Waals surface area contributed by atoms with Crippen molar-refractivity contribution in [3.8, 4) is 9.88 Å². The van der Waals surface area contributed by atoms with Gasteiger partial charge in [0.05, 0.1) is 23.3 Å². The maximum absolute atomic E-state index is 12.5. The van der Waals surface area contributed by atoms with Gasteiger partial charge < -0.3 is 5.32 Å². The molecule has 4 rings (SSSR count). The van der Waals surface area contributed by atoms with Crippen molar-refractivity contribution in [2.24, 2.45) is 0 Å². The zero-order chi connectivity index (χ0) is 19.5. The van der Waals surface area contributed by atoms with Gasteiger partial charge in [-0.2, -0.15) is 5.10 Å². The summed E-state index contributed by atoms with van der Waals surface area (Å²) in [5.74, 6) is -0.0933. The number of thiophene rings is 1. The van der Waals surface area contributed by atoms with Crippen LogP contribution in [0.1, 0.15) is 32.2 Å². The van der Waals surface area contributed by atoms with Crippen LogP contribution in [0.25, 0.3) is 9.88 Å². The fourth-order valence-electron chi connectivity index (χ4n) is 3.01. The number of thiazole rings is 1. The zero-order valence-electron chi connectivity index (χ0n) is 15.7. The number of hydrogen-bond acceptors (Lipinski definition) is 5. The number of nitrogens with zero attached hydrogens (tertiary/aromatic N) is 3. The Kier molecular flexibility index (Phi) is 5.36. The maximum Gasteiger partial charge on any atom is 0.263 e. The van der Waals surface area contributed by atoms with E-state index in [1.165, 1.54) is 11.3 Å². The molecule has 0 aliphatic carbocycles. The summed E-state index contributed by atoms with van der Waals surface area (Å²) in [6.07, 6.45) is 1.65. The van der Waals surface area contributed by atoms with E-state index in [1.54, 1.807) is 17.5 Å². The predicted molar refractivity (Wildman–Crippen MR) is 114 cm³/mol. The Hall–Kier alpha value is -2.77. The summed E-state index contributed by atoms with van der Waals surface area (Å²) in [5.41, 5.74) is 4.39. The first-order chi connectivity index (χ1) is 13.6. The molecule has 0 aliphatic heterocycles. The third-order valence-electron chi connectivity index (χ3n) is 4.34. The summed E-state index contributed by atoms with van der Waals surface area (Å²) in [6.45, 7) is 5.26. The van der Waals surface area contributed by atoms with Gasteiger partial charge in [-0.1, -0.05) is 30.3 Å². The Morgan fingerprint density at radius 2 is 2.00 bits per heavy atom. The van der Waals surface area contributed by atoms with Crippen LogP contribution in [-0.2, 0) is 13.1 Å². The molecule has 1 amide bonds. The van der Waals surface area contributed by atoms with Crippen LogP contribution in [0.15, 0.2) is 54.0 Å². The van der Waals surface area contributed by atoms with Crippen LogP contribution in [0, 0.1) is 13.8 Å². The van der Waals surface area contributed by atoms with Crippen molar-refractivity contribution in [2.45, 2.75) is 26.9 Å². The van der Waals surface area contributed by atoms with Gasteiger partial charge in [0, 0.05) is 12.2 Å². The second-order valence-electron chi connectivity index (χ2n) is 6.59. The van der Waals surface area contributed by atoms with E-state index in [9.17, 15) is 4.79 Å². The number of nitrogens with one attached hydrogen (secondary N) is 1. The Morgan fingerprint density at radius 3 is 2.75 bits per heavy atom. The lowest BCUT2D eigenvalue weighted by molar-refractivity contribution is 0.0954. The topological polar surface area (TPSA) is 59.8 Å². The highest BCUT2D eigenvalue weighted by Gasteiger charge is 2.12. The summed E-state index contributed by atoms with van der Waals surface area (Å²) in [5, 5.41) is 10.4. The molecule has 5 nitrogen and oxygen atoms in total. The fraction of sp³-hybridized carbons (Fsp3) is 0.190. The van der Waals surface area contributed by atoms with Crippen molar-refractivity contribution in [3.63, 3.8) is 0 Å². The highest BCUT2D eigenvalue weighted by molar-refractivity contribution is 7.21. The zero-order valence-corrected chi connectivity index (χ0v) is 17.3. The van der Waals surface area contributed by atoms with Gasteiger partial charge in [-0.25, -0.2) is 4.98 Å². The second kappa shape index (κ2) is 8.08. The molecule has 0 bridgehead atoms. The van der Waals surface area contributed by atoms with Crippen LogP contribution < -0.4 is 5.32 Å². The first kappa shape index (κ1) is 18.6. The molecule has 1 aromatic carbocycles. The molecular weight excluding hydrogens is 388 g/mol. The van der Waals surface area contributed by atoms with Crippen molar-refractivity contribution in [1.82, 2.24) is 20.1 Å². The molecule has 0 atom stereocenters. The quantitative estimate of drug-likeness (QED) is 0.505. The minimum Gasteiger partial charge on any atom is -0.347 e. The molecule has 4 aromatic rings. The van der Waals surface area contributed by atoms with Crippen molar-refractivity contribution in [3.05, 3.63) is 81.4 Å². The third kappa shape index (κ3) is 4.21. The van der Waals surface area contributed by atoms with Crippen LogP contribution in [-0.4, -0.2) is 20.7 Å². The first-order valence-electron chi connectivity index (χ1n) is 8.95. The largest absolute Gasteiger partial charge is 0.347 e. The number of aromatic nitrogens is 3. The number of aryl methyl sites for hydroxylation is 2. The lowest BCUT2D eigenvalue weighted by atomic mass is 10.1. The standard InChI is InChI=1S/C21H20N4OS2/c1-14-9-15(2)25(24-14)13-17-6-3-5-16(10-17)11-22-20(26)19-12-23-21(28-19)18-7-4-8-27-18/h3-10,12H,11,13H2,1-2H3,(H,22,26). The summed E-state index contributed by atoms with van der Waals surface area (Å²) in [7, 11) is 0. The Balaban J connectivity index is 1.39. The maximum atomic E-state index is 12.5. The van der Waals surface area contributed by atoms with Crippen LogP contribution in [0.3, 0.4) is 0 Å². The van der Waals surface area contributed by atoms with E-state index in [1.807, 2.05) is 41.3 Å². The SMILES string of the molecule is Cc1cc(C)n(Cc2cccc(CNC(=O)c3cnc(-c4cccs4)s3)c2)n1. The van der Waals surface area contributed by atoms with Gasteiger partial charge in [0.2, 0.25) is 0 Å². The van der Waals surface area contributed by atoms with Gasteiger partial charge in [-0.3, -0.25) is 9.48 Å². The first-order valence-corrected chi connectivity index (χ1v) is 10.6. The lowest BCUT2D eigenvalue weighted by Crippen LogP contribution is -2.21. The number of carbonyl (C=O) groups is 1. The van der Waals surface area contributed by atoms with E-state index in [0.29, 0.717) is 11.4 Å². The summed E-state index contributed by atoms with van der Waals surface area (Å²) < 4.78 is 2.00. The monoisotopic (exact) mass is 408 g/mol. The normalized spacial score (nSPS) is 10.9. The highest BCUT2D eigenvalue weighted by atomic mass is 32.1. The third-order valence-corrected chi connectivity index (χ3v) is 6.38. The molecule has 0 aliphatic rings. The van der Waals surface area contributed by atoms with Gasteiger partial charge in [0.1, 0.15) is 9.88 Å². The summed E-state index contributed by atoms with van der Waals surface area (Å²) >= 11 is 3.04. The van der Waals surface area contributed by atoms with Crippen LogP contribution in [0.5, 0.6) is 0 Å². The molecule has 1 N–H and O–H groups in total. The average molecular weight is 409 g/mol. The fourth-order valence-corrected chi connectivity index (χ4v) is 4.64. The van der Waals surface area contributed by atoms with Gasteiger partial charge >= 0.3 is 0 Å². The highest BCUT2D eigenvalue weighted by Crippen LogP contribution is 2.28. The van der Waals surface area contributed by atoms with Crippen LogP contribution in [0.4, 0.5) is 0 Å². The van der Waals surface area contributed by atoms with E-state index in [-0.39, 0.29) is 5.91 Å². The van der Waals surface area contributed by atoms with Gasteiger partial charge in [0.25, 0.3) is 5.91 Å². The van der Waals surface area contributed by atoms with Crippen molar-refractivity contribution in [2.75, 3.05) is 0 Å². The van der Waals surface area contributed by atoms with Gasteiger partial charge in [-0.15, -0.1) is 22.7 Å². The molecule has 0 radical (unpaired) electrons. The molecule has 0 spiro atoms. The molecule has 28 heavy (non-hydrogen) atoms. The van der Waals surface area contributed by atoms with E-state index in [4.69, 9.17) is 0 Å². The smallest absolute Gasteiger partial charge is 0.263 e. The molecule has 0 saturated carbocycles. The van der Waals surface area contributed by atoms with E-state index in [0.717, 1.165) is 38.9 Å². The molecule has 0 unspecified atom stereocenters. The van der Waals surface area contributed by atoms with E-state index in [2.05, 4.69) is 40.5 Å². The van der Waals surface area contributed by atoms with Crippen LogP contribution in [0.2, 0.25) is 0 Å². The van der Waals surface area contributed by atoms with Crippen molar-refractivity contribution >= 4 is 28.6 Å². The van der Waals surface area contributed by atoms with Crippen molar-refractivity contribution < 1.29 is 4.79 Å². The summed E-state index contributed by atoms with van der Waals surface area (Å²) in [4.78, 5) is 18.5. The molecule has 0 saturated heterocycles. The van der Waals surface area contributed by atoms with E-state index >= 15 is 0 Å². The predicted octanol–water partition coefficient (Wildman–Crippen LogP) is 4.66. The molecule has 0 fully saturated rings. The number of carbonyl (C=O) groups excluding carboxylic acids is 1. The number of benzene rings is 1. The summed E-state index contributed by atoms with van der Waals surface area (Å²) in [6, 6.07) is 14.3. The van der Waals surface area contributed by atoms with Crippen molar-refractivity contribution in [1.29, 1.82) is 0 Å². The Labute approximate surface area is 171 Å². The molecule has 7 heteroatoms. The van der Waals surface area contributed by atoms with E-state index < -0.39 is 0 Å².